The van der Waals surface area contributed by atoms with Crippen molar-refractivity contribution in [2.24, 2.45) is 5.92 Å². The van der Waals surface area contributed by atoms with Gasteiger partial charge in [-0.1, -0.05) is 32.4 Å². The van der Waals surface area contributed by atoms with Crippen LogP contribution in [0.15, 0.2) is 18.2 Å². The average molecular weight is 280 g/mol. The molecule has 0 saturated heterocycles. The summed E-state index contributed by atoms with van der Waals surface area (Å²) in [7, 11) is 1.85. The molecule has 0 radical (unpaired) electrons. The summed E-state index contributed by atoms with van der Waals surface area (Å²) < 4.78 is 0. The molecule has 0 N–H and O–H groups in total. The highest BCUT2D eigenvalue weighted by molar-refractivity contribution is 6.21. The first kappa shape index (κ1) is 14.4. The van der Waals surface area contributed by atoms with Crippen molar-refractivity contribution in [3.63, 3.8) is 0 Å². The average Bonchev–Trinajstić information content (AvgIpc) is 2.42. The van der Waals surface area contributed by atoms with Crippen LogP contribution in [0.3, 0.4) is 0 Å². The van der Waals surface area contributed by atoms with E-state index < -0.39 is 0 Å². The van der Waals surface area contributed by atoms with Crippen molar-refractivity contribution < 1.29 is 4.79 Å². The maximum atomic E-state index is 11.7. The monoisotopic (exact) mass is 279 g/mol. The number of benzene rings is 1. The Morgan fingerprint density at radius 3 is 2.79 bits per heavy atom. The molecule has 2 unspecified atom stereocenters. The number of fused-ring (bicyclic) bond motifs is 1. The fourth-order valence-electron chi connectivity index (χ4n) is 2.78. The molecule has 2 rings (SSSR count). The van der Waals surface area contributed by atoms with Gasteiger partial charge in [0.25, 0.3) is 0 Å². The topological polar surface area (TPSA) is 20.3 Å². The van der Waals surface area contributed by atoms with Crippen LogP contribution in [-0.4, -0.2) is 13.0 Å². The normalized spacial score (nSPS) is 18.1. The van der Waals surface area contributed by atoms with Gasteiger partial charge in [0.1, 0.15) is 0 Å². The van der Waals surface area contributed by atoms with Gasteiger partial charge in [-0.15, -0.1) is 11.6 Å². The summed E-state index contributed by atoms with van der Waals surface area (Å²) in [5.74, 6) is 0.676. The maximum absolute atomic E-state index is 11.7. The minimum atomic E-state index is 0.0631. The number of hydrogen-bond donors (Lipinski definition) is 0. The van der Waals surface area contributed by atoms with E-state index in [-0.39, 0.29) is 11.3 Å². The molecule has 2 atom stereocenters. The Balaban J connectivity index is 2.24. The largest absolute Gasteiger partial charge is 0.315 e. The van der Waals surface area contributed by atoms with E-state index in [1.807, 2.05) is 13.1 Å². The zero-order valence-corrected chi connectivity index (χ0v) is 12.7. The van der Waals surface area contributed by atoms with E-state index in [0.29, 0.717) is 12.3 Å². The molecule has 0 bridgehead atoms. The number of carbonyl (C=O) groups is 1. The molecule has 1 aliphatic rings. The highest BCUT2D eigenvalue weighted by Gasteiger charge is 2.23. The van der Waals surface area contributed by atoms with Crippen molar-refractivity contribution in [2.45, 2.75) is 44.9 Å². The van der Waals surface area contributed by atoms with Crippen molar-refractivity contribution >= 4 is 23.2 Å². The molecule has 3 heteroatoms. The number of anilines is 1. The van der Waals surface area contributed by atoms with Crippen LogP contribution in [0.1, 0.15) is 49.6 Å². The Kier molecular flexibility index (Phi) is 4.51. The predicted molar refractivity (Wildman–Crippen MR) is 80.8 cm³/mol. The minimum absolute atomic E-state index is 0.0631. The lowest BCUT2D eigenvalue weighted by molar-refractivity contribution is -0.118. The first-order valence-electron chi connectivity index (χ1n) is 7.08. The second kappa shape index (κ2) is 5.96. The molecule has 1 heterocycles. The molecule has 0 fully saturated rings. The Morgan fingerprint density at radius 2 is 2.11 bits per heavy atom. The minimum Gasteiger partial charge on any atom is -0.315 e. The summed E-state index contributed by atoms with van der Waals surface area (Å²) in [6.45, 7) is 4.39. The van der Waals surface area contributed by atoms with Crippen LogP contribution in [0.5, 0.6) is 0 Å². The van der Waals surface area contributed by atoms with Crippen molar-refractivity contribution in [1.29, 1.82) is 0 Å². The van der Waals surface area contributed by atoms with E-state index in [0.717, 1.165) is 24.9 Å². The van der Waals surface area contributed by atoms with Crippen LogP contribution < -0.4 is 4.90 Å². The smallest absolute Gasteiger partial charge is 0.227 e. The first-order chi connectivity index (χ1) is 9.04. The van der Waals surface area contributed by atoms with E-state index in [4.69, 9.17) is 11.6 Å². The Morgan fingerprint density at radius 1 is 1.37 bits per heavy atom. The highest BCUT2D eigenvalue weighted by atomic mass is 35.5. The highest BCUT2D eigenvalue weighted by Crippen LogP contribution is 2.35. The van der Waals surface area contributed by atoms with E-state index in [9.17, 15) is 4.79 Å². The van der Waals surface area contributed by atoms with E-state index in [1.165, 1.54) is 11.1 Å². The second-order valence-corrected chi connectivity index (χ2v) is 5.98. The standard InChI is InChI=1S/C16H22ClNO/c1-4-5-11(2)16(17)13-6-8-14-12(10-13)7-9-15(19)18(14)3/h6,8,10-11,16H,4-5,7,9H2,1-3H3. The Labute approximate surface area is 120 Å². The number of halogens is 1. The number of rotatable bonds is 4. The lowest BCUT2D eigenvalue weighted by atomic mass is 9.92. The third-order valence-corrected chi connectivity index (χ3v) is 4.69. The zero-order chi connectivity index (χ0) is 14.0. The summed E-state index contributed by atoms with van der Waals surface area (Å²) in [5.41, 5.74) is 3.46. The SMILES string of the molecule is CCCC(C)C(Cl)c1ccc2c(c1)CCC(=O)N2C. The number of nitrogens with zero attached hydrogens (tertiary/aromatic N) is 1. The van der Waals surface area contributed by atoms with Crippen molar-refractivity contribution in [3.05, 3.63) is 29.3 Å². The van der Waals surface area contributed by atoms with Crippen LogP contribution in [0.2, 0.25) is 0 Å². The second-order valence-electron chi connectivity index (χ2n) is 5.51. The fraction of sp³-hybridized carbons (Fsp3) is 0.562. The molecular weight excluding hydrogens is 258 g/mol. The van der Waals surface area contributed by atoms with Gasteiger partial charge in [-0.05, 0) is 36.0 Å². The maximum Gasteiger partial charge on any atom is 0.227 e. The first-order valence-corrected chi connectivity index (χ1v) is 7.51. The van der Waals surface area contributed by atoms with Gasteiger partial charge in [0.05, 0.1) is 5.38 Å². The predicted octanol–water partition coefficient (Wildman–Crippen LogP) is 4.31. The lowest BCUT2D eigenvalue weighted by Crippen LogP contribution is -2.31. The summed E-state index contributed by atoms with van der Waals surface area (Å²) in [6, 6.07) is 6.29. The van der Waals surface area contributed by atoms with Crippen LogP contribution in [0.4, 0.5) is 5.69 Å². The fourth-order valence-corrected chi connectivity index (χ4v) is 3.04. The quantitative estimate of drug-likeness (QED) is 0.752. The van der Waals surface area contributed by atoms with E-state index in [1.54, 1.807) is 4.90 Å². The van der Waals surface area contributed by atoms with Crippen molar-refractivity contribution in [1.82, 2.24) is 0 Å². The number of alkyl halides is 1. The molecular formula is C16H22ClNO. The summed E-state index contributed by atoms with van der Waals surface area (Å²) in [5, 5.41) is 0.0631. The summed E-state index contributed by atoms with van der Waals surface area (Å²) in [4.78, 5) is 13.4. The number of carbonyl (C=O) groups excluding carboxylic acids is 1. The molecule has 0 aromatic heterocycles. The molecule has 0 aliphatic carbocycles. The van der Waals surface area contributed by atoms with Gasteiger partial charge in [-0.2, -0.15) is 0 Å². The molecule has 0 spiro atoms. The van der Waals surface area contributed by atoms with E-state index >= 15 is 0 Å². The van der Waals surface area contributed by atoms with Gasteiger partial charge in [-0.3, -0.25) is 4.79 Å². The Bertz CT molecular complexity index is 472. The zero-order valence-electron chi connectivity index (χ0n) is 11.9. The summed E-state index contributed by atoms with van der Waals surface area (Å²) >= 11 is 6.56. The Hall–Kier alpha value is -1.02. The van der Waals surface area contributed by atoms with Gasteiger partial charge in [0.2, 0.25) is 5.91 Å². The van der Waals surface area contributed by atoms with Crippen LogP contribution in [0.25, 0.3) is 0 Å². The van der Waals surface area contributed by atoms with Crippen molar-refractivity contribution in [3.8, 4) is 0 Å². The number of amides is 1. The summed E-state index contributed by atoms with van der Waals surface area (Å²) in [6.07, 6.45) is 3.73. The van der Waals surface area contributed by atoms with Crippen LogP contribution in [-0.2, 0) is 11.2 Å². The molecule has 0 saturated carbocycles. The van der Waals surface area contributed by atoms with Gasteiger partial charge < -0.3 is 4.90 Å². The molecule has 104 valence electrons. The van der Waals surface area contributed by atoms with Gasteiger partial charge in [0, 0.05) is 19.2 Å². The molecule has 1 aromatic carbocycles. The van der Waals surface area contributed by atoms with Gasteiger partial charge in [0.15, 0.2) is 0 Å². The molecule has 1 amide bonds. The van der Waals surface area contributed by atoms with Gasteiger partial charge in [-0.25, -0.2) is 0 Å². The lowest BCUT2D eigenvalue weighted by Gasteiger charge is -2.27. The molecule has 1 aromatic rings. The van der Waals surface area contributed by atoms with Gasteiger partial charge >= 0.3 is 0 Å². The van der Waals surface area contributed by atoms with Crippen LogP contribution >= 0.6 is 11.6 Å². The number of aryl methyl sites for hydroxylation is 1. The third kappa shape index (κ3) is 2.94. The van der Waals surface area contributed by atoms with Crippen LogP contribution in [0, 0.1) is 5.92 Å². The van der Waals surface area contributed by atoms with E-state index in [2.05, 4.69) is 26.0 Å². The van der Waals surface area contributed by atoms with Crippen molar-refractivity contribution in [2.75, 3.05) is 11.9 Å². The number of hydrogen-bond acceptors (Lipinski definition) is 1. The molecule has 1 aliphatic heterocycles. The molecule has 19 heavy (non-hydrogen) atoms. The molecule has 2 nitrogen and oxygen atoms in total. The third-order valence-electron chi connectivity index (χ3n) is 4.01.